The Bertz CT molecular complexity index is 929. The van der Waals surface area contributed by atoms with Crippen LogP contribution in [0, 0.1) is 13.8 Å². The van der Waals surface area contributed by atoms with Crippen LogP contribution in [0.5, 0.6) is 0 Å². The predicted octanol–water partition coefficient (Wildman–Crippen LogP) is 2.06. The molecule has 0 atom stereocenters. The maximum atomic E-state index is 12.4. The van der Waals surface area contributed by atoms with Gasteiger partial charge in [0.25, 0.3) is 5.91 Å². The van der Waals surface area contributed by atoms with E-state index in [1.54, 1.807) is 32.4 Å². The van der Waals surface area contributed by atoms with Gasteiger partial charge >= 0.3 is 0 Å². The fourth-order valence-corrected chi connectivity index (χ4v) is 3.23. The van der Waals surface area contributed by atoms with Crippen molar-refractivity contribution in [3.8, 4) is 0 Å². The molecule has 3 aromatic rings. The SMILES string of the molecule is Cc1noc(C)c1C(=O)Nc1cnc(N2CCN(c3ccccn3)CC2)nc1. The third-order valence-corrected chi connectivity index (χ3v) is 4.69. The minimum atomic E-state index is -0.281. The number of amides is 1. The van der Waals surface area contributed by atoms with Crippen molar-refractivity contribution in [1.29, 1.82) is 0 Å². The van der Waals surface area contributed by atoms with Gasteiger partial charge in [-0.1, -0.05) is 11.2 Å². The first-order valence-corrected chi connectivity index (χ1v) is 9.09. The number of nitrogens with zero attached hydrogens (tertiary/aromatic N) is 6. The number of anilines is 3. The second kappa shape index (κ2) is 7.63. The van der Waals surface area contributed by atoms with E-state index in [0.29, 0.717) is 28.7 Å². The van der Waals surface area contributed by atoms with Crippen molar-refractivity contribution in [1.82, 2.24) is 20.1 Å². The van der Waals surface area contributed by atoms with E-state index in [-0.39, 0.29) is 5.91 Å². The van der Waals surface area contributed by atoms with Crippen LogP contribution < -0.4 is 15.1 Å². The van der Waals surface area contributed by atoms with Crippen LogP contribution in [0.1, 0.15) is 21.8 Å². The molecule has 1 aliphatic heterocycles. The molecule has 1 aliphatic rings. The number of carbonyl (C=O) groups excluding carboxylic acids is 1. The molecule has 0 radical (unpaired) electrons. The topological polar surface area (TPSA) is 100 Å². The number of hydrogen-bond donors (Lipinski definition) is 1. The molecule has 144 valence electrons. The molecule has 0 unspecified atom stereocenters. The average molecular weight is 379 g/mol. The van der Waals surface area contributed by atoms with Crippen LogP contribution >= 0.6 is 0 Å². The van der Waals surface area contributed by atoms with Crippen LogP contribution in [0.25, 0.3) is 0 Å². The zero-order valence-corrected chi connectivity index (χ0v) is 15.8. The summed E-state index contributed by atoms with van der Waals surface area (Å²) in [7, 11) is 0. The van der Waals surface area contributed by atoms with Gasteiger partial charge in [0, 0.05) is 32.4 Å². The van der Waals surface area contributed by atoms with Crippen molar-refractivity contribution in [2.45, 2.75) is 13.8 Å². The van der Waals surface area contributed by atoms with Crippen LogP contribution in [0.4, 0.5) is 17.5 Å². The molecule has 0 saturated carbocycles. The van der Waals surface area contributed by atoms with Gasteiger partial charge in [-0.25, -0.2) is 15.0 Å². The summed E-state index contributed by atoms with van der Waals surface area (Å²) in [4.78, 5) is 30.0. The van der Waals surface area contributed by atoms with Gasteiger partial charge < -0.3 is 19.6 Å². The Hall–Kier alpha value is -3.49. The quantitative estimate of drug-likeness (QED) is 0.735. The van der Waals surface area contributed by atoms with Gasteiger partial charge in [0.1, 0.15) is 17.1 Å². The number of hydrogen-bond acceptors (Lipinski definition) is 8. The fourth-order valence-electron chi connectivity index (χ4n) is 3.23. The molecule has 4 heterocycles. The second-order valence-corrected chi connectivity index (χ2v) is 6.59. The maximum absolute atomic E-state index is 12.4. The third-order valence-electron chi connectivity index (χ3n) is 4.69. The van der Waals surface area contributed by atoms with Crippen molar-refractivity contribution in [3.05, 3.63) is 53.8 Å². The summed E-state index contributed by atoms with van der Waals surface area (Å²) in [5.41, 5.74) is 1.52. The van der Waals surface area contributed by atoms with Crippen molar-refractivity contribution < 1.29 is 9.32 Å². The summed E-state index contributed by atoms with van der Waals surface area (Å²) >= 11 is 0. The first kappa shape index (κ1) is 17.9. The monoisotopic (exact) mass is 379 g/mol. The van der Waals surface area contributed by atoms with Gasteiger partial charge in [-0.3, -0.25) is 4.79 Å². The first-order chi connectivity index (χ1) is 13.6. The largest absolute Gasteiger partial charge is 0.361 e. The summed E-state index contributed by atoms with van der Waals surface area (Å²) in [6, 6.07) is 5.93. The second-order valence-electron chi connectivity index (χ2n) is 6.59. The van der Waals surface area contributed by atoms with E-state index in [0.717, 1.165) is 32.0 Å². The highest BCUT2D eigenvalue weighted by Crippen LogP contribution is 2.18. The lowest BCUT2D eigenvalue weighted by Crippen LogP contribution is -2.47. The smallest absolute Gasteiger partial charge is 0.261 e. The molecule has 1 N–H and O–H groups in total. The third kappa shape index (κ3) is 3.64. The number of aromatic nitrogens is 4. The van der Waals surface area contributed by atoms with Gasteiger partial charge in [0.15, 0.2) is 0 Å². The first-order valence-electron chi connectivity index (χ1n) is 9.09. The van der Waals surface area contributed by atoms with E-state index < -0.39 is 0 Å². The predicted molar refractivity (Wildman–Crippen MR) is 105 cm³/mol. The lowest BCUT2D eigenvalue weighted by Gasteiger charge is -2.35. The van der Waals surface area contributed by atoms with Crippen LogP contribution in [0.3, 0.4) is 0 Å². The lowest BCUT2D eigenvalue weighted by atomic mass is 10.2. The van der Waals surface area contributed by atoms with Crippen LogP contribution in [-0.4, -0.2) is 52.2 Å². The van der Waals surface area contributed by atoms with Gasteiger partial charge in [0.2, 0.25) is 5.95 Å². The van der Waals surface area contributed by atoms with Crippen molar-refractivity contribution in [2.24, 2.45) is 0 Å². The van der Waals surface area contributed by atoms with E-state index >= 15 is 0 Å². The number of piperazine rings is 1. The van der Waals surface area contributed by atoms with Gasteiger partial charge in [-0.15, -0.1) is 0 Å². The van der Waals surface area contributed by atoms with Gasteiger partial charge in [-0.05, 0) is 26.0 Å². The molecular weight excluding hydrogens is 358 g/mol. The number of carbonyl (C=O) groups is 1. The molecule has 0 aliphatic carbocycles. The molecule has 0 aromatic carbocycles. The van der Waals surface area contributed by atoms with E-state index in [1.165, 1.54) is 0 Å². The highest BCUT2D eigenvalue weighted by molar-refractivity contribution is 6.05. The van der Waals surface area contributed by atoms with Crippen molar-refractivity contribution in [2.75, 3.05) is 41.3 Å². The molecule has 1 saturated heterocycles. The van der Waals surface area contributed by atoms with Crippen LogP contribution in [0.15, 0.2) is 41.3 Å². The number of aryl methyl sites for hydroxylation is 2. The molecule has 1 fully saturated rings. The molecule has 1 amide bonds. The molecule has 9 heteroatoms. The molecule has 9 nitrogen and oxygen atoms in total. The highest BCUT2D eigenvalue weighted by atomic mass is 16.5. The van der Waals surface area contributed by atoms with E-state index in [9.17, 15) is 4.79 Å². The van der Waals surface area contributed by atoms with Gasteiger partial charge in [-0.2, -0.15) is 0 Å². The summed E-state index contributed by atoms with van der Waals surface area (Å²) in [5.74, 6) is 1.84. The van der Waals surface area contributed by atoms with Gasteiger partial charge in [0.05, 0.1) is 23.8 Å². The summed E-state index contributed by atoms with van der Waals surface area (Å²) < 4.78 is 5.04. The summed E-state index contributed by atoms with van der Waals surface area (Å²) in [6.07, 6.45) is 5.04. The van der Waals surface area contributed by atoms with Crippen LogP contribution in [-0.2, 0) is 0 Å². The zero-order valence-electron chi connectivity index (χ0n) is 15.8. The Balaban J connectivity index is 1.37. The fraction of sp³-hybridized carbons (Fsp3) is 0.316. The molecule has 0 bridgehead atoms. The average Bonchev–Trinajstić information content (AvgIpc) is 3.07. The Kier molecular flexibility index (Phi) is 4.88. The standard InChI is InChI=1S/C19H21N7O2/c1-13-17(14(2)28-24-13)18(27)23-15-11-21-19(22-12-15)26-9-7-25(8-10-26)16-5-3-4-6-20-16/h3-6,11-12H,7-10H2,1-2H3,(H,23,27). The Labute approximate surface area is 162 Å². The highest BCUT2D eigenvalue weighted by Gasteiger charge is 2.21. The number of nitrogens with one attached hydrogen (secondary N) is 1. The van der Waals surface area contributed by atoms with E-state index in [1.807, 2.05) is 18.2 Å². The minimum Gasteiger partial charge on any atom is -0.361 e. The van der Waals surface area contributed by atoms with Crippen LogP contribution in [0.2, 0.25) is 0 Å². The number of rotatable bonds is 4. The minimum absolute atomic E-state index is 0.281. The number of pyridine rings is 1. The summed E-state index contributed by atoms with van der Waals surface area (Å²) in [6.45, 7) is 6.76. The molecule has 0 spiro atoms. The normalized spacial score (nSPS) is 14.2. The molecular formula is C19H21N7O2. The summed E-state index contributed by atoms with van der Waals surface area (Å²) in [5, 5.41) is 6.59. The Morgan fingerprint density at radius 2 is 1.75 bits per heavy atom. The molecule has 4 rings (SSSR count). The van der Waals surface area contributed by atoms with E-state index in [2.05, 4.69) is 35.2 Å². The van der Waals surface area contributed by atoms with E-state index in [4.69, 9.17) is 4.52 Å². The van der Waals surface area contributed by atoms with Crippen molar-refractivity contribution >= 4 is 23.4 Å². The Morgan fingerprint density at radius 3 is 2.36 bits per heavy atom. The lowest BCUT2D eigenvalue weighted by molar-refractivity contribution is 0.102. The maximum Gasteiger partial charge on any atom is 0.261 e. The zero-order chi connectivity index (χ0) is 19.5. The Morgan fingerprint density at radius 1 is 1.04 bits per heavy atom. The van der Waals surface area contributed by atoms with Crippen molar-refractivity contribution in [3.63, 3.8) is 0 Å². The molecule has 3 aromatic heterocycles. The molecule has 28 heavy (non-hydrogen) atoms.